The van der Waals surface area contributed by atoms with Gasteiger partial charge in [-0.2, -0.15) is 0 Å². The number of fused-ring (bicyclic) bond motifs is 3. The number of hydrogen-bond donors (Lipinski definition) is 2. The molecule has 5 amide bonds. The summed E-state index contributed by atoms with van der Waals surface area (Å²) in [5.41, 5.74) is 5.69. The van der Waals surface area contributed by atoms with Crippen LogP contribution >= 0.6 is 0 Å². The molecule has 17 heteroatoms. The second-order valence-corrected chi connectivity index (χ2v) is 25.0. The van der Waals surface area contributed by atoms with Crippen LogP contribution in [0.25, 0.3) is 22.3 Å². The van der Waals surface area contributed by atoms with E-state index in [2.05, 4.69) is 79.9 Å². The van der Waals surface area contributed by atoms with Gasteiger partial charge in [0.2, 0.25) is 29.5 Å². The molecule has 10 heterocycles. The first-order valence-electron chi connectivity index (χ1n) is 28.8. The van der Waals surface area contributed by atoms with Crippen molar-refractivity contribution < 1.29 is 28.7 Å². The number of hydrogen-bond acceptors (Lipinski definition) is 12. The van der Waals surface area contributed by atoms with E-state index >= 15 is 4.79 Å². The normalized spacial score (nSPS) is 26.6. The second kappa shape index (κ2) is 19.2. The maximum absolute atomic E-state index is 15.4. The largest absolute Gasteiger partial charge is 0.380 e. The highest BCUT2D eigenvalue weighted by Gasteiger charge is 2.57. The number of rotatable bonds is 10. The first kappa shape index (κ1) is 49.6. The van der Waals surface area contributed by atoms with Gasteiger partial charge in [-0.15, -0.1) is 0 Å². The molecule has 3 aromatic heterocycles. The number of carbonyl (C=O) groups is 5. The third-order valence-corrected chi connectivity index (χ3v) is 19.9. The van der Waals surface area contributed by atoms with Crippen molar-refractivity contribution in [1.29, 1.82) is 0 Å². The molecule has 1 atom stereocenters. The van der Waals surface area contributed by atoms with Crippen molar-refractivity contribution in [3.63, 3.8) is 0 Å². The molecular weight excluding hydrogens is 959 g/mol. The van der Waals surface area contributed by atoms with E-state index in [9.17, 15) is 19.2 Å². The van der Waals surface area contributed by atoms with Crippen LogP contribution in [-0.2, 0) is 34.1 Å². The molecule has 1 unspecified atom stereocenters. The molecule has 7 aliphatic heterocycles. The van der Waals surface area contributed by atoms with Crippen LogP contribution in [0, 0.1) is 16.7 Å². The van der Waals surface area contributed by atoms with E-state index in [1.54, 1.807) is 6.20 Å². The molecule has 13 rings (SSSR count). The molecule has 402 valence electrons. The lowest BCUT2D eigenvalue weighted by Gasteiger charge is -2.53. The summed E-state index contributed by atoms with van der Waals surface area (Å²) in [5, 5.41) is 6.27. The summed E-state index contributed by atoms with van der Waals surface area (Å²) >= 11 is 0. The summed E-state index contributed by atoms with van der Waals surface area (Å²) in [6, 6.07) is 13.8. The van der Waals surface area contributed by atoms with Gasteiger partial charge in [-0.05, 0) is 140 Å². The molecule has 4 aromatic rings. The minimum absolute atomic E-state index is 0.0767. The number of benzene rings is 1. The number of imidazole rings is 1. The minimum Gasteiger partial charge on any atom is -0.380 e. The number of carbonyl (C=O) groups excluding carboxylic acids is 5. The topological polar surface area (TPSA) is 178 Å². The summed E-state index contributed by atoms with van der Waals surface area (Å²) < 4.78 is 7.80. The third-order valence-electron chi connectivity index (χ3n) is 19.9. The molecule has 2 N–H and O–H groups in total. The SMILES string of the molecule is CC(C)n1cnc2cc(-c3ccc4c(c3)N(C3CC(N5CCCCC5)C3)C(=O)C43CCN(C(=O)C4(C)CCN(C(=O)C5CCN(c6ccc(C7CCC(=O)NC7=O)cn6)CC5)CC4)CC3)nc(NC3CC4(COC4)C3)c21. The molecule has 17 nitrogen and oxygen atoms in total. The van der Waals surface area contributed by atoms with Crippen molar-refractivity contribution in [3.8, 4) is 11.3 Å². The fraction of sp³-hybridized carbons (Fsp3) is 0.627. The number of piperidine rings is 5. The summed E-state index contributed by atoms with van der Waals surface area (Å²) in [6.07, 6.45) is 16.2. The summed E-state index contributed by atoms with van der Waals surface area (Å²) in [4.78, 5) is 94.1. The van der Waals surface area contributed by atoms with Crippen LogP contribution in [0.1, 0.15) is 140 Å². The lowest BCUT2D eigenvalue weighted by molar-refractivity contribution is -0.159. The predicted octanol–water partition coefficient (Wildman–Crippen LogP) is 6.95. The monoisotopic (exact) mass is 1030 g/mol. The number of ether oxygens (including phenoxy) is 1. The Kier molecular flexibility index (Phi) is 12.5. The van der Waals surface area contributed by atoms with Gasteiger partial charge in [-0.25, -0.2) is 15.0 Å². The lowest BCUT2D eigenvalue weighted by Crippen LogP contribution is -2.59. The fourth-order valence-electron chi connectivity index (χ4n) is 14.9. The number of likely N-dealkylation sites (tertiary alicyclic amines) is 3. The molecule has 2 saturated carbocycles. The van der Waals surface area contributed by atoms with Crippen LogP contribution in [0.15, 0.2) is 48.9 Å². The molecule has 0 bridgehead atoms. The Labute approximate surface area is 445 Å². The molecule has 2 spiro atoms. The zero-order chi connectivity index (χ0) is 52.1. The highest BCUT2D eigenvalue weighted by molar-refractivity contribution is 6.09. The maximum Gasteiger partial charge on any atom is 0.238 e. The zero-order valence-corrected chi connectivity index (χ0v) is 44.7. The number of pyridine rings is 2. The lowest BCUT2D eigenvalue weighted by atomic mass is 9.64. The van der Waals surface area contributed by atoms with Gasteiger partial charge in [0.1, 0.15) is 11.3 Å². The van der Waals surface area contributed by atoms with Crippen LogP contribution in [-0.4, -0.2) is 147 Å². The summed E-state index contributed by atoms with van der Waals surface area (Å²) in [5.74, 6) is 1.25. The highest BCUT2D eigenvalue weighted by atomic mass is 16.5. The Bertz CT molecular complexity index is 2920. The van der Waals surface area contributed by atoms with Gasteiger partial charge >= 0.3 is 0 Å². The average molecular weight is 1030 g/mol. The second-order valence-electron chi connectivity index (χ2n) is 25.0. The molecule has 6 saturated heterocycles. The average Bonchev–Trinajstić information content (AvgIpc) is 4.07. The molecule has 76 heavy (non-hydrogen) atoms. The van der Waals surface area contributed by atoms with Gasteiger partial charge in [0.05, 0.1) is 42.1 Å². The van der Waals surface area contributed by atoms with Crippen LogP contribution in [0.4, 0.5) is 17.3 Å². The van der Waals surface area contributed by atoms with Crippen molar-refractivity contribution in [1.82, 2.24) is 39.5 Å². The van der Waals surface area contributed by atoms with E-state index in [1.165, 1.54) is 19.3 Å². The molecule has 0 radical (unpaired) electrons. The zero-order valence-electron chi connectivity index (χ0n) is 44.7. The van der Waals surface area contributed by atoms with Gasteiger partial charge in [-0.1, -0.05) is 31.5 Å². The van der Waals surface area contributed by atoms with Gasteiger partial charge in [0.15, 0.2) is 5.82 Å². The predicted molar refractivity (Wildman–Crippen MR) is 289 cm³/mol. The molecule has 9 aliphatic rings. The van der Waals surface area contributed by atoms with E-state index in [4.69, 9.17) is 14.7 Å². The highest BCUT2D eigenvalue weighted by Crippen LogP contribution is 2.53. The van der Waals surface area contributed by atoms with E-state index in [-0.39, 0.29) is 53.5 Å². The quantitative estimate of drug-likeness (QED) is 0.157. The number of aromatic nitrogens is 4. The molecule has 1 aromatic carbocycles. The number of nitrogens with one attached hydrogen (secondary N) is 2. The van der Waals surface area contributed by atoms with Crippen LogP contribution in [0.3, 0.4) is 0 Å². The minimum atomic E-state index is -0.700. The first-order valence-corrected chi connectivity index (χ1v) is 28.8. The van der Waals surface area contributed by atoms with E-state index in [0.717, 1.165) is 116 Å². The molecule has 2 aliphatic carbocycles. The van der Waals surface area contributed by atoms with Crippen LogP contribution in [0.5, 0.6) is 0 Å². The number of imide groups is 1. The Morgan fingerprint density at radius 1 is 0.816 bits per heavy atom. The van der Waals surface area contributed by atoms with Crippen molar-refractivity contribution in [3.05, 3.63) is 60.0 Å². The van der Waals surface area contributed by atoms with Crippen LogP contribution in [0.2, 0.25) is 0 Å². The Hall–Kier alpha value is -5.94. The van der Waals surface area contributed by atoms with Crippen molar-refractivity contribution in [2.75, 3.05) is 80.7 Å². The number of amides is 5. The van der Waals surface area contributed by atoms with Gasteiger partial charge < -0.3 is 39.1 Å². The molecule has 8 fully saturated rings. The van der Waals surface area contributed by atoms with E-state index < -0.39 is 10.8 Å². The Morgan fingerprint density at radius 2 is 1.55 bits per heavy atom. The van der Waals surface area contributed by atoms with E-state index in [0.29, 0.717) is 95.3 Å². The van der Waals surface area contributed by atoms with Crippen molar-refractivity contribution >= 4 is 57.9 Å². The number of anilines is 3. The summed E-state index contributed by atoms with van der Waals surface area (Å²) in [7, 11) is 0. The third kappa shape index (κ3) is 8.56. The van der Waals surface area contributed by atoms with E-state index in [1.807, 2.05) is 28.3 Å². The van der Waals surface area contributed by atoms with Gasteiger partial charge in [0.25, 0.3) is 0 Å². The van der Waals surface area contributed by atoms with Gasteiger partial charge in [0, 0.05) is 104 Å². The fourth-order valence-corrected chi connectivity index (χ4v) is 14.9. The van der Waals surface area contributed by atoms with Gasteiger partial charge in [-0.3, -0.25) is 29.3 Å². The van der Waals surface area contributed by atoms with Crippen molar-refractivity contribution in [2.45, 2.75) is 153 Å². The first-order chi connectivity index (χ1) is 36.8. The smallest absolute Gasteiger partial charge is 0.238 e. The van der Waals surface area contributed by atoms with Crippen LogP contribution < -0.4 is 20.4 Å². The maximum atomic E-state index is 15.4. The molecular formula is C59H75N11O6. The summed E-state index contributed by atoms with van der Waals surface area (Å²) in [6.45, 7) is 14.0. The Morgan fingerprint density at radius 3 is 2.22 bits per heavy atom. The number of nitrogens with zero attached hydrogens (tertiary/aromatic N) is 9. The van der Waals surface area contributed by atoms with Crippen molar-refractivity contribution in [2.24, 2.45) is 16.7 Å². The Balaban J connectivity index is 0.677. The standard InChI is InChI=1S/C59H75N11O6/c1-37(2)69-36-61-47-30-46(63-52(51(47)69)62-41-31-58(32-41)34-76-35-58)39-7-10-45-48(27-39)70(43-28-42(29-43)65-19-5-4-6-20-65)56(75)59(45)17-25-68(26-18-59)55(74)57(3)15-23-67(24-16-57)54(73)38-13-21-66(22-14-38)49-11-8-40(33-60-49)44-9-12-50(71)64-53(44)72/h7-8,10-11,27,30,33,36-38,41-44H,4-6,9,12-26,28-29,31-32,34-35H2,1-3H3,(H,62,63)(H,64,71,72).